The Morgan fingerprint density at radius 3 is 2.50 bits per heavy atom. The van der Waals surface area contributed by atoms with Crippen molar-refractivity contribution in [1.82, 2.24) is 0 Å². The Labute approximate surface area is 147 Å². The molecule has 0 saturated carbocycles. The molecule has 0 bridgehead atoms. The van der Waals surface area contributed by atoms with Gasteiger partial charge in [-0.2, -0.15) is 13.7 Å². The zero-order chi connectivity index (χ0) is 17.7. The Balaban J connectivity index is 2.31. The molecule has 0 aliphatic carbocycles. The summed E-state index contributed by atoms with van der Waals surface area (Å²) >= 11 is 3.19. The van der Waals surface area contributed by atoms with Crippen LogP contribution in [0, 0.1) is 17.1 Å². The quantitative estimate of drug-likeness (QED) is 0.673. The topological polar surface area (TPSA) is 76.4 Å². The highest BCUT2D eigenvalue weighted by Crippen LogP contribution is 2.38. The van der Waals surface area contributed by atoms with Gasteiger partial charge in [0.1, 0.15) is 11.6 Å². The summed E-state index contributed by atoms with van der Waals surface area (Å²) in [6, 6.07) is 9.87. The van der Waals surface area contributed by atoms with E-state index in [9.17, 15) is 12.8 Å². The van der Waals surface area contributed by atoms with Crippen LogP contribution in [-0.4, -0.2) is 15.0 Å². The summed E-state index contributed by atoms with van der Waals surface area (Å²) in [5.74, 6) is -0.764. The number of nitrogens with zero attached hydrogens (tertiary/aromatic N) is 1. The number of hydrogen-bond donors (Lipinski definition) is 0. The predicted octanol–water partition coefficient (Wildman–Crippen LogP) is 3.77. The number of nitriles is 1. The molecule has 0 aromatic heterocycles. The zero-order valence-corrected chi connectivity index (χ0v) is 15.0. The third-order valence-electron chi connectivity index (χ3n) is 2.91. The van der Waals surface area contributed by atoms with E-state index in [1.807, 2.05) is 6.07 Å². The lowest BCUT2D eigenvalue weighted by Crippen LogP contribution is -2.13. The number of hydrogen-bond acceptors (Lipinski definition) is 5. The lowest BCUT2D eigenvalue weighted by Gasteiger charge is -2.14. The second-order valence-electron chi connectivity index (χ2n) is 4.74. The largest absolute Gasteiger partial charge is 0.490 e. The van der Waals surface area contributed by atoms with Crippen LogP contribution in [0.25, 0.3) is 0 Å². The number of halogens is 2. The van der Waals surface area contributed by atoms with E-state index in [0.29, 0.717) is 11.1 Å². The Morgan fingerprint density at radius 1 is 1.25 bits per heavy atom. The molecular formula is C16H13BrFNO4S. The van der Waals surface area contributed by atoms with Crippen molar-refractivity contribution in [2.45, 2.75) is 12.7 Å². The maximum Gasteiger partial charge on any atom is 0.313 e. The minimum atomic E-state index is -4.00. The van der Waals surface area contributed by atoms with Gasteiger partial charge < -0.3 is 8.92 Å². The fourth-order valence-corrected chi connectivity index (χ4v) is 3.63. The molecule has 2 aromatic rings. The second kappa shape index (κ2) is 7.64. The van der Waals surface area contributed by atoms with Crippen molar-refractivity contribution in [2.24, 2.45) is 0 Å². The van der Waals surface area contributed by atoms with E-state index in [2.05, 4.69) is 15.9 Å². The summed E-state index contributed by atoms with van der Waals surface area (Å²) in [6.45, 7) is 2.00. The summed E-state index contributed by atoms with van der Waals surface area (Å²) in [5.41, 5.74) is 0.688. The van der Waals surface area contributed by atoms with E-state index in [-0.39, 0.29) is 22.6 Å². The minimum Gasteiger partial charge on any atom is -0.490 e. The molecule has 0 radical (unpaired) electrons. The Morgan fingerprint density at radius 2 is 1.92 bits per heavy atom. The zero-order valence-electron chi connectivity index (χ0n) is 12.6. The molecular weight excluding hydrogens is 401 g/mol. The smallest absolute Gasteiger partial charge is 0.313 e. The summed E-state index contributed by atoms with van der Waals surface area (Å²) in [5, 5.41) is 8.98. The first-order valence-corrected chi connectivity index (χ1v) is 9.24. The maximum absolute atomic E-state index is 12.9. The Hall–Kier alpha value is -2.11. The van der Waals surface area contributed by atoms with Crippen LogP contribution in [0.5, 0.6) is 11.5 Å². The highest BCUT2D eigenvalue weighted by molar-refractivity contribution is 9.10. The van der Waals surface area contributed by atoms with E-state index >= 15 is 0 Å². The number of rotatable bonds is 6. The molecule has 8 heteroatoms. The van der Waals surface area contributed by atoms with Crippen LogP contribution in [0.3, 0.4) is 0 Å². The summed E-state index contributed by atoms with van der Waals surface area (Å²) in [4.78, 5) is 0. The van der Waals surface area contributed by atoms with Crippen molar-refractivity contribution >= 4 is 26.0 Å². The number of ether oxygens (including phenoxy) is 1. The maximum atomic E-state index is 12.9. The van der Waals surface area contributed by atoms with E-state index in [4.69, 9.17) is 14.2 Å². The fraction of sp³-hybridized carbons (Fsp3) is 0.188. The van der Waals surface area contributed by atoms with Crippen LogP contribution >= 0.6 is 15.9 Å². The van der Waals surface area contributed by atoms with Crippen LogP contribution in [-0.2, 0) is 15.9 Å². The van der Waals surface area contributed by atoms with Gasteiger partial charge in [0.2, 0.25) is 0 Å². The summed E-state index contributed by atoms with van der Waals surface area (Å²) < 4.78 is 48.2. The van der Waals surface area contributed by atoms with Gasteiger partial charge in [-0.25, -0.2) is 4.39 Å². The molecule has 0 unspecified atom stereocenters. The normalized spacial score (nSPS) is 10.9. The number of benzene rings is 2. The first-order chi connectivity index (χ1) is 11.3. The molecule has 2 aromatic carbocycles. The molecule has 0 atom stereocenters. The highest BCUT2D eigenvalue weighted by Gasteiger charge is 2.21. The summed E-state index contributed by atoms with van der Waals surface area (Å²) in [7, 11) is -4.00. The van der Waals surface area contributed by atoms with E-state index in [1.54, 1.807) is 6.92 Å². The van der Waals surface area contributed by atoms with Gasteiger partial charge in [0.25, 0.3) is 0 Å². The fourth-order valence-electron chi connectivity index (χ4n) is 1.92. The van der Waals surface area contributed by atoms with Gasteiger partial charge in [-0.3, -0.25) is 0 Å². The van der Waals surface area contributed by atoms with Crippen molar-refractivity contribution in [3.05, 3.63) is 57.8 Å². The first kappa shape index (κ1) is 18.2. The van der Waals surface area contributed by atoms with Gasteiger partial charge in [-0.1, -0.05) is 12.1 Å². The predicted molar refractivity (Wildman–Crippen MR) is 89.7 cm³/mol. The second-order valence-corrected chi connectivity index (χ2v) is 7.17. The third-order valence-corrected chi connectivity index (χ3v) is 4.60. The van der Waals surface area contributed by atoms with Crippen molar-refractivity contribution < 1.29 is 21.7 Å². The van der Waals surface area contributed by atoms with Gasteiger partial charge >= 0.3 is 10.1 Å². The molecule has 2 rings (SSSR count). The first-order valence-electron chi connectivity index (χ1n) is 6.87. The van der Waals surface area contributed by atoms with Crippen molar-refractivity contribution in [2.75, 3.05) is 6.61 Å². The van der Waals surface area contributed by atoms with E-state index in [0.717, 1.165) is 0 Å². The molecule has 0 amide bonds. The molecule has 0 saturated heterocycles. The lowest BCUT2D eigenvalue weighted by atomic mass is 10.2. The van der Waals surface area contributed by atoms with Gasteiger partial charge in [0, 0.05) is 6.07 Å². The lowest BCUT2D eigenvalue weighted by molar-refractivity contribution is 0.327. The molecule has 0 aliphatic heterocycles. The molecule has 5 nitrogen and oxygen atoms in total. The van der Waals surface area contributed by atoms with Crippen molar-refractivity contribution in [3.8, 4) is 17.6 Å². The van der Waals surface area contributed by atoms with Crippen molar-refractivity contribution in [3.63, 3.8) is 0 Å². The molecule has 0 spiro atoms. The van der Waals surface area contributed by atoms with Gasteiger partial charge in [0.15, 0.2) is 11.5 Å². The van der Waals surface area contributed by atoms with Crippen LogP contribution in [0.2, 0.25) is 0 Å². The molecule has 0 aliphatic rings. The Kier molecular flexibility index (Phi) is 5.80. The minimum absolute atomic E-state index is 0.0297. The monoisotopic (exact) mass is 413 g/mol. The molecule has 0 fully saturated rings. The molecule has 24 heavy (non-hydrogen) atoms. The van der Waals surface area contributed by atoms with Gasteiger partial charge in [0.05, 0.1) is 22.7 Å². The Bertz CT molecular complexity index is 876. The van der Waals surface area contributed by atoms with Crippen LogP contribution in [0.4, 0.5) is 4.39 Å². The van der Waals surface area contributed by atoms with Gasteiger partial charge in [-0.15, -0.1) is 0 Å². The average Bonchev–Trinajstić information content (AvgIpc) is 2.52. The van der Waals surface area contributed by atoms with Crippen LogP contribution in [0.1, 0.15) is 18.1 Å². The van der Waals surface area contributed by atoms with Crippen LogP contribution in [0.15, 0.2) is 40.9 Å². The molecule has 0 heterocycles. The van der Waals surface area contributed by atoms with E-state index < -0.39 is 21.7 Å². The van der Waals surface area contributed by atoms with Crippen molar-refractivity contribution in [1.29, 1.82) is 5.26 Å². The summed E-state index contributed by atoms with van der Waals surface area (Å²) in [6.07, 6.45) is 0. The average molecular weight is 414 g/mol. The standard InChI is InChI=1S/C16H13BrFNO4S/c1-2-22-15-8-12(9-19)7-14(17)16(15)23-24(20,21)10-11-3-5-13(18)6-4-11/h3-8H,2,10H2,1H3. The van der Waals surface area contributed by atoms with Crippen LogP contribution < -0.4 is 8.92 Å². The SMILES string of the molecule is CCOc1cc(C#N)cc(Br)c1OS(=O)(=O)Cc1ccc(F)cc1. The van der Waals surface area contributed by atoms with E-state index in [1.165, 1.54) is 36.4 Å². The highest BCUT2D eigenvalue weighted by atomic mass is 79.9. The molecule has 0 N–H and O–H groups in total. The molecule has 126 valence electrons. The third kappa shape index (κ3) is 4.69. The van der Waals surface area contributed by atoms with Gasteiger partial charge in [-0.05, 0) is 46.6 Å².